The largest absolute Gasteiger partial charge is 2.00 e. The Balaban J connectivity index is 0.000000413. The normalized spacial score (nSPS) is 11.3. The van der Waals surface area contributed by atoms with Gasteiger partial charge in [-0.15, -0.1) is 0 Å². The number of unbranched alkanes of at least 4 members (excludes halogenated alkanes) is 18. The van der Waals surface area contributed by atoms with Gasteiger partial charge in [0.15, 0.2) is 11.5 Å². The maximum Gasteiger partial charge on any atom is 2.00 e. The number of aryl methyl sites for hydroxylation is 2. The Morgan fingerprint density at radius 3 is 1.30 bits per heavy atom. The van der Waals surface area contributed by atoms with Gasteiger partial charge in [0, 0.05) is 0 Å². The van der Waals surface area contributed by atoms with E-state index in [1.165, 1.54) is 133 Å². The van der Waals surface area contributed by atoms with Gasteiger partial charge >= 0.3 is 37.7 Å². The summed E-state index contributed by atoms with van der Waals surface area (Å²) >= 11 is 0. The van der Waals surface area contributed by atoms with Crippen LogP contribution >= 0.6 is 0 Å². The minimum absolute atomic E-state index is 0. The molecule has 0 spiro atoms. The maximum absolute atomic E-state index is 12.1. The SMILES string of the molecule is CCCCCCCCCCCCc1ccccc1Oc1c(O)cccc1S(=O)(=O)O.CCCCCCCCCCCCc1ccccc1Oc1c([O-])cccc1S(=O)(=O)[O-].[Ca+2]. The molecule has 4 rings (SSSR count). The van der Waals surface area contributed by atoms with Gasteiger partial charge in [-0.2, -0.15) is 8.42 Å². The molecule has 0 saturated carbocycles. The van der Waals surface area contributed by atoms with Gasteiger partial charge in [0.1, 0.15) is 32.3 Å². The van der Waals surface area contributed by atoms with Crippen molar-refractivity contribution in [2.24, 2.45) is 0 Å². The third kappa shape index (κ3) is 20.9. The molecular formula is C48H66CaO10S2. The van der Waals surface area contributed by atoms with Crippen molar-refractivity contribution in [1.29, 1.82) is 0 Å². The van der Waals surface area contributed by atoms with Crippen LogP contribution in [0.25, 0.3) is 0 Å². The van der Waals surface area contributed by atoms with E-state index < -0.39 is 41.5 Å². The summed E-state index contributed by atoms with van der Waals surface area (Å²) in [5.74, 6) is -0.737. The minimum atomic E-state index is -4.80. The van der Waals surface area contributed by atoms with Crippen LogP contribution in [0.3, 0.4) is 0 Å². The summed E-state index contributed by atoms with van der Waals surface area (Å²) in [7, 11) is -9.31. The molecule has 61 heavy (non-hydrogen) atoms. The average Bonchev–Trinajstić information content (AvgIpc) is 3.21. The van der Waals surface area contributed by atoms with E-state index in [9.17, 15) is 36.2 Å². The number of rotatable bonds is 28. The quantitative estimate of drug-likeness (QED) is 0.0317. The first-order valence-electron chi connectivity index (χ1n) is 21.9. The molecule has 13 heteroatoms. The zero-order valence-electron chi connectivity index (χ0n) is 36.3. The second-order valence-corrected chi connectivity index (χ2v) is 18.1. The summed E-state index contributed by atoms with van der Waals surface area (Å²) in [4.78, 5) is -1.07. The second kappa shape index (κ2) is 30.3. The van der Waals surface area contributed by atoms with E-state index in [-0.39, 0.29) is 49.2 Å². The molecule has 332 valence electrons. The van der Waals surface area contributed by atoms with Gasteiger partial charge in [0.2, 0.25) is 0 Å². The van der Waals surface area contributed by atoms with E-state index in [0.29, 0.717) is 11.5 Å². The van der Waals surface area contributed by atoms with E-state index in [2.05, 4.69) is 13.8 Å². The van der Waals surface area contributed by atoms with Crippen LogP contribution in [-0.4, -0.2) is 68.8 Å². The molecule has 0 radical (unpaired) electrons. The molecule has 0 bridgehead atoms. The summed E-state index contributed by atoms with van der Waals surface area (Å²) in [6, 6.07) is 22.0. The number of hydrogen-bond donors (Lipinski definition) is 2. The van der Waals surface area contributed by atoms with Crippen LogP contribution in [-0.2, 0) is 33.1 Å². The molecule has 0 saturated heterocycles. The third-order valence-corrected chi connectivity index (χ3v) is 12.2. The van der Waals surface area contributed by atoms with E-state index >= 15 is 0 Å². The monoisotopic (exact) mass is 906 g/mol. The standard InChI is InChI=1S/2C24H34O5S.Ca/c2*1-2-3-4-5-6-7-8-9-10-11-15-20-16-12-13-18-22(20)29-24-21(25)17-14-19-23(24)30(26,27)28;/h2*12-14,16-19,25H,2-11,15H2,1H3,(H,26,27,28);/q;;+2/p-2. The number of phenolic OH excluding ortho intramolecular Hbond substituents is 1. The van der Waals surface area contributed by atoms with Crippen molar-refractivity contribution in [1.82, 2.24) is 0 Å². The molecule has 0 aliphatic rings. The molecule has 0 atom stereocenters. The predicted octanol–water partition coefficient (Wildman–Crippen LogP) is 12.4. The van der Waals surface area contributed by atoms with Crippen molar-refractivity contribution in [2.45, 2.75) is 165 Å². The van der Waals surface area contributed by atoms with Crippen LogP contribution in [0.1, 0.15) is 153 Å². The molecule has 4 aromatic carbocycles. The van der Waals surface area contributed by atoms with Gasteiger partial charge in [-0.1, -0.05) is 190 Å². The first kappa shape index (κ1) is 54.3. The van der Waals surface area contributed by atoms with Crippen LogP contribution in [0.4, 0.5) is 0 Å². The molecule has 0 aliphatic heterocycles. The van der Waals surface area contributed by atoms with Crippen molar-refractivity contribution in [2.75, 3.05) is 0 Å². The van der Waals surface area contributed by atoms with Gasteiger partial charge < -0.3 is 24.2 Å². The van der Waals surface area contributed by atoms with Crippen LogP contribution in [0.15, 0.2) is 94.7 Å². The van der Waals surface area contributed by atoms with Crippen LogP contribution in [0, 0.1) is 0 Å². The molecule has 4 aromatic rings. The Kier molecular flexibility index (Phi) is 27.0. The Hall–Kier alpha value is -2.84. The maximum atomic E-state index is 12.1. The fourth-order valence-corrected chi connectivity index (χ4v) is 8.29. The first-order chi connectivity index (χ1) is 28.9. The molecular weight excluding hydrogens is 841 g/mol. The van der Waals surface area contributed by atoms with E-state index in [4.69, 9.17) is 9.47 Å². The van der Waals surface area contributed by atoms with Gasteiger partial charge in [0.05, 0.1) is 4.90 Å². The summed E-state index contributed by atoms with van der Waals surface area (Å²) in [5, 5.41) is 22.2. The second-order valence-electron chi connectivity index (χ2n) is 15.4. The Labute approximate surface area is 396 Å². The van der Waals surface area contributed by atoms with Crippen molar-refractivity contribution >= 4 is 58.0 Å². The summed E-state index contributed by atoms with van der Waals surface area (Å²) < 4.78 is 78.5. The first-order valence-corrected chi connectivity index (χ1v) is 24.8. The van der Waals surface area contributed by atoms with Crippen molar-refractivity contribution in [3.63, 3.8) is 0 Å². The average molecular weight is 907 g/mol. The van der Waals surface area contributed by atoms with Gasteiger partial charge in [-0.3, -0.25) is 4.55 Å². The summed E-state index contributed by atoms with van der Waals surface area (Å²) in [6.07, 6.45) is 26.6. The molecule has 2 N–H and O–H groups in total. The fourth-order valence-electron chi connectivity index (χ4n) is 7.05. The van der Waals surface area contributed by atoms with Crippen LogP contribution in [0.5, 0.6) is 34.5 Å². The molecule has 0 fully saturated rings. The molecule has 0 aliphatic carbocycles. The Bertz CT molecular complexity index is 1910. The van der Waals surface area contributed by atoms with Crippen LogP contribution < -0.4 is 14.6 Å². The van der Waals surface area contributed by atoms with Crippen molar-refractivity contribution in [3.05, 3.63) is 96.1 Å². The molecule has 0 amide bonds. The predicted molar refractivity (Wildman–Crippen MR) is 242 cm³/mol. The number of aromatic hydroxyl groups is 1. The van der Waals surface area contributed by atoms with E-state index in [1.54, 1.807) is 24.3 Å². The molecule has 0 aromatic heterocycles. The Morgan fingerprint density at radius 1 is 0.492 bits per heavy atom. The van der Waals surface area contributed by atoms with E-state index in [0.717, 1.165) is 55.7 Å². The number of benzene rings is 4. The molecule has 0 unspecified atom stereocenters. The molecule has 10 nitrogen and oxygen atoms in total. The fraction of sp³-hybridized carbons (Fsp3) is 0.500. The van der Waals surface area contributed by atoms with E-state index in [1.807, 2.05) is 24.3 Å². The number of para-hydroxylation sites is 4. The number of ether oxygens (including phenoxy) is 2. The zero-order valence-corrected chi connectivity index (χ0v) is 40.2. The Morgan fingerprint density at radius 2 is 0.869 bits per heavy atom. The number of phenols is 1. The number of hydrogen-bond acceptors (Lipinski definition) is 9. The minimum Gasteiger partial charge on any atom is -0.870 e. The van der Waals surface area contributed by atoms with Crippen molar-refractivity contribution < 1.29 is 45.6 Å². The molecule has 0 heterocycles. The summed E-state index contributed by atoms with van der Waals surface area (Å²) in [6.45, 7) is 4.46. The zero-order chi connectivity index (χ0) is 43.6. The van der Waals surface area contributed by atoms with Gasteiger partial charge in [0.25, 0.3) is 10.1 Å². The van der Waals surface area contributed by atoms with Gasteiger partial charge in [-0.25, -0.2) is 8.42 Å². The smallest absolute Gasteiger partial charge is 0.870 e. The third-order valence-electron chi connectivity index (χ3n) is 10.4. The topological polar surface area (TPSA) is 173 Å². The van der Waals surface area contributed by atoms with Crippen LogP contribution in [0.2, 0.25) is 0 Å². The van der Waals surface area contributed by atoms with Gasteiger partial charge in [-0.05, 0) is 67.1 Å². The van der Waals surface area contributed by atoms with Crippen molar-refractivity contribution in [3.8, 4) is 34.5 Å². The summed E-state index contributed by atoms with van der Waals surface area (Å²) in [5.41, 5.74) is 1.84.